The number of benzene rings is 1. The number of nitrogens with zero attached hydrogens (tertiary/aromatic N) is 2. The minimum atomic E-state index is -0.468. The molecule has 2 N–H and O–H groups in total. The summed E-state index contributed by atoms with van der Waals surface area (Å²) in [6.07, 6.45) is 3.34. The van der Waals surface area contributed by atoms with E-state index in [4.69, 9.17) is 5.26 Å². The molecule has 20 heavy (non-hydrogen) atoms. The van der Waals surface area contributed by atoms with Crippen LogP contribution in [0.2, 0.25) is 0 Å². The third-order valence-electron chi connectivity index (χ3n) is 2.74. The Kier molecular flexibility index (Phi) is 4.91. The number of amidine groups is 1. The molecule has 1 aromatic carbocycles. The summed E-state index contributed by atoms with van der Waals surface area (Å²) in [5.74, 6) is 0.282. The van der Waals surface area contributed by atoms with Crippen molar-refractivity contribution < 1.29 is 4.79 Å². The molecule has 0 spiro atoms. The van der Waals surface area contributed by atoms with Crippen LogP contribution in [0.15, 0.2) is 39.3 Å². The van der Waals surface area contributed by atoms with Gasteiger partial charge in [0.25, 0.3) is 5.91 Å². The fourth-order valence-electron chi connectivity index (χ4n) is 1.71. The minimum Gasteiger partial charge on any atom is -0.285 e. The van der Waals surface area contributed by atoms with Crippen LogP contribution in [0, 0.1) is 11.3 Å². The van der Waals surface area contributed by atoms with Gasteiger partial charge in [0.1, 0.15) is 17.5 Å². The molecule has 2 rings (SSSR count). The van der Waals surface area contributed by atoms with E-state index in [0.717, 1.165) is 35.3 Å². The average Bonchev–Trinajstić information content (AvgIpc) is 2.97. The topological polar surface area (TPSA) is 77.3 Å². The number of rotatable bonds is 2. The Balaban J connectivity index is 2.01. The Bertz CT molecular complexity index is 599. The van der Waals surface area contributed by atoms with Crippen molar-refractivity contribution in [1.82, 2.24) is 10.9 Å². The standard InChI is InChI=1S/C14H13BrN4O/c15-12-5-3-10(4-6-12)8-11(9-16)14(20)19-18-13-2-1-7-17-13/h3-6,8H,1-2,7H2,(H,17,18)(H,19,20)/b11-8+. The maximum atomic E-state index is 11.9. The van der Waals surface area contributed by atoms with E-state index in [-0.39, 0.29) is 5.57 Å². The molecule has 1 aromatic rings. The molecule has 102 valence electrons. The Labute approximate surface area is 125 Å². The van der Waals surface area contributed by atoms with Gasteiger partial charge in [-0.15, -0.1) is 0 Å². The number of carbonyl (C=O) groups excluding carboxylic acids is 1. The van der Waals surface area contributed by atoms with E-state index in [1.807, 2.05) is 30.3 Å². The number of hydrogen-bond donors (Lipinski definition) is 2. The van der Waals surface area contributed by atoms with Crippen LogP contribution < -0.4 is 10.9 Å². The normalized spacial score (nSPS) is 14.4. The van der Waals surface area contributed by atoms with Crippen LogP contribution >= 0.6 is 15.9 Å². The number of nitriles is 1. The van der Waals surface area contributed by atoms with Gasteiger partial charge in [0.05, 0.1) is 0 Å². The molecular weight excluding hydrogens is 320 g/mol. The van der Waals surface area contributed by atoms with Crippen molar-refractivity contribution in [3.63, 3.8) is 0 Å². The van der Waals surface area contributed by atoms with Gasteiger partial charge in [0.2, 0.25) is 0 Å². The minimum absolute atomic E-state index is 0.0402. The lowest BCUT2D eigenvalue weighted by atomic mass is 10.1. The van der Waals surface area contributed by atoms with Crippen LogP contribution in [-0.2, 0) is 4.79 Å². The van der Waals surface area contributed by atoms with Crippen molar-refractivity contribution in [3.05, 3.63) is 39.9 Å². The molecule has 6 heteroatoms. The Morgan fingerprint density at radius 1 is 1.40 bits per heavy atom. The van der Waals surface area contributed by atoms with E-state index in [1.54, 1.807) is 6.08 Å². The molecule has 1 aliphatic rings. The molecule has 5 nitrogen and oxygen atoms in total. The number of hydrazine groups is 1. The molecule has 0 saturated carbocycles. The van der Waals surface area contributed by atoms with E-state index in [2.05, 4.69) is 31.8 Å². The zero-order valence-corrected chi connectivity index (χ0v) is 12.3. The smallest absolute Gasteiger partial charge is 0.280 e. The summed E-state index contributed by atoms with van der Waals surface area (Å²) in [5.41, 5.74) is 6.06. The van der Waals surface area contributed by atoms with Crippen molar-refractivity contribution in [2.24, 2.45) is 4.99 Å². The van der Waals surface area contributed by atoms with E-state index >= 15 is 0 Å². The van der Waals surface area contributed by atoms with Crippen molar-refractivity contribution in [1.29, 1.82) is 5.26 Å². The number of amides is 1. The van der Waals surface area contributed by atoms with E-state index in [1.165, 1.54) is 0 Å². The average molecular weight is 333 g/mol. The van der Waals surface area contributed by atoms with Gasteiger partial charge >= 0.3 is 0 Å². The molecule has 0 aliphatic carbocycles. The number of aliphatic imine (C=N–C) groups is 1. The molecule has 0 bridgehead atoms. The van der Waals surface area contributed by atoms with E-state index in [9.17, 15) is 4.79 Å². The second-order valence-corrected chi connectivity index (χ2v) is 5.15. The third-order valence-corrected chi connectivity index (χ3v) is 3.27. The summed E-state index contributed by atoms with van der Waals surface area (Å²) in [7, 11) is 0. The van der Waals surface area contributed by atoms with Crippen molar-refractivity contribution in [3.8, 4) is 6.07 Å². The molecule has 0 aromatic heterocycles. The van der Waals surface area contributed by atoms with Crippen LogP contribution in [0.3, 0.4) is 0 Å². The number of halogens is 1. The zero-order valence-electron chi connectivity index (χ0n) is 10.7. The van der Waals surface area contributed by atoms with Crippen molar-refractivity contribution >= 4 is 33.7 Å². The maximum absolute atomic E-state index is 11.9. The van der Waals surface area contributed by atoms with Crippen molar-refractivity contribution in [2.75, 3.05) is 6.54 Å². The van der Waals surface area contributed by atoms with Gasteiger partial charge in [-0.25, -0.2) is 0 Å². The van der Waals surface area contributed by atoms with Crippen molar-refractivity contribution in [2.45, 2.75) is 12.8 Å². The lowest BCUT2D eigenvalue weighted by Gasteiger charge is -2.06. The van der Waals surface area contributed by atoms with Gasteiger partial charge in [0, 0.05) is 17.4 Å². The SMILES string of the molecule is N#C/C(=C\c1ccc(Br)cc1)C(=O)NNC1=NCCC1. The first-order chi connectivity index (χ1) is 9.69. The molecule has 0 saturated heterocycles. The summed E-state index contributed by atoms with van der Waals surface area (Å²) >= 11 is 3.33. The molecule has 0 fully saturated rings. The van der Waals surface area contributed by atoms with Crippen LogP contribution in [0.4, 0.5) is 0 Å². The van der Waals surface area contributed by atoms with Gasteiger partial charge < -0.3 is 0 Å². The fraction of sp³-hybridized carbons (Fsp3) is 0.214. The first kappa shape index (κ1) is 14.3. The molecular formula is C14H13BrN4O. The predicted octanol–water partition coefficient (Wildman–Crippen LogP) is 2.17. The Morgan fingerprint density at radius 3 is 2.75 bits per heavy atom. The number of hydrogen-bond acceptors (Lipinski definition) is 4. The molecule has 0 atom stereocenters. The van der Waals surface area contributed by atoms with Crippen LogP contribution in [0.5, 0.6) is 0 Å². The van der Waals surface area contributed by atoms with E-state index < -0.39 is 5.91 Å². The monoisotopic (exact) mass is 332 g/mol. The molecule has 0 radical (unpaired) electrons. The lowest BCUT2D eigenvalue weighted by molar-refractivity contribution is -0.117. The van der Waals surface area contributed by atoms with Gasteiger partial charge in [-0.1, -0.05) is 28.1 Å². The summed E-state index contributed by atoms with van der Waals surface area (Å²) in [6, 6.07) is 9.25. The maximum Gasteiger partial charge on any atom is 0.280 e. The summed E-state index contributed by atoms with van der Waals surface area (Å²) in [4.78, 5) is 16.0. The van der Waals surface area contributed by atoms with Gasteiger partial charge in [-0.05, 0) is 30.2 Å². The molecule has 1 amide bonds. The quantitative estimate of drug-likeness (QED) is 0.495. The first-order valence-corrected chi connectivity index (χ1v) is 6.95. The zero-order chi connectivity index (χ0) is 14.4. The lowest BCUT2D eigenvalue weighted by Crippen LogP contribution is -2.41. The Morgan fingerprint density at radius 2 is 2.15 bits per heavy atom. The van der Waals surface area contributed by atoms with E-state index in [0.29, 0.717) is 0 Å². The molecule has 1 aliphatic heterocycles. The summed E-state index contributed by atoms with van der Waals surface area (Å²) in [6.45, 7) is 0.776. The Hall–Kier alpha value is -2.13. The summed E-state index contributed by atoms with van der Waals surface area (Å²) < 4.78 is 0.943. The molecule has 1 heterocycles. The van der Waals surface area contributed by atoms with Gasteiger partial charge in [0.15, 0.2) is 0 Å². The van der Waals surface area contributed by atoms with Gasteiger partial charge in [-0.2, -0.15) is 5.26 Å². The van der Waals surface area contributed by atoms with Crippen LogP contribution in [0.25, 0.3) is 6.08 Å². The predicted molar refractivity (Wildman–Crippen MR) is 80.5 cm³/mol. The first-order valence-electron chi connectivity index (χ1n) is 6.16. The highest BCUT2D eigenvalue weighted by Crippen LogP contribution is 2.13. The highest BCUT2D eigenvalue weighted by atomic mass is 79.9. The van der Waals surface area contributed by atoms with Gasteiger partial charge in [-0.3, -0.25) is 20.6 Å². The second-order valence-electron chi connectivity index (χ2n) is 4.23. The highest BCUT2D eigenvalue weighted by Gasteiger charge is 2.11. The number of nitrogens with one attached hydrogen (secondary N) is 2. The third kappa shape index (κ3) is 3.93. The fourth-order valence-corrected chi connectivity index (χ4v) is 1.98. The van der Waals surface area contributed by atoms with Crippen LogP contribution in [-0.4, -0.2) is 18.3 Å². The summed E-state index contributed by atoms with van der Waals surface area (Å²) in [5, 5.41) is 9.06. The highest BCUT2D eigenvalue weighted by molar-refractivity contribution is 9.10. The van der Waals surface area contributed by atoms with Crippen LogP contribution in [0.1, 0.15) is 18.4 Å². The molecule has 0 unspecified atom stereocenters. The number of carbonyl (C=O) groups is 1. The second kappa shape index (κ2) is 6.87. The largest absolute Gasteiger partial charge is 0.285 e.